The highest BCUT2D eigenvalue weighted by Gasteiger charge is 2.24. The Morgan fingerprint density at radius 3 is 2.45 bits per heavy atom. The van der Waals surface area contributed by atoms with Gasteiger partial charge in [-0.05, 0) is 43.7 Å². The van der Waals surface area contributed by atoms with Gasteiger partial charge in [0.25, 0.3) is 5.91 Å². The van der Waals surface area contributed by atoms with Crippen molar-refractivity contribution in [3.05, 3.63) is 58.4 Å². The van der Waals surface area contributed by atoms with E-state index in [1.54, 1.807) is 13.0 Å². The van der Waals surface area contributed by atoms with Crippen molar-refractivity contribution in [2.45, 2.75) is 24.8 Å². The van der Waals surface area contributed by atoms with Gasteiger partial charge in [-0.3, -0.25) is 4.79 Å². The molecule has 156 valence electrons. The Morgan fingerprint density at radius 1 is 1.21 bits per heavy atom. The lowest BCUT2D eigenvalue weighted by molar-refractivity contribution is -0.123. The number of sulfonamides is 1. The lowest BCUT2D eigenvalue weighted by Gasteiger charge is -2.17. The maximum absolute atomic E-state index is 13.8. The van der Waals surface area contributed by atoms with E-state index in [9.17, 15) is 22.4 Å². The van der Waals surface area contributed by atoms with Gasteiger partial charge in [0, 0.05) is 19.8 Å². The van der Waals surface area contributed by atoms with E-state index < -0.39 is 39.4 Å². The number of hydrogen-bond donors (Lipinski definition) is 1. The molecule has 0 aliphatic heterocycles. The number of carbonyl (C=O) groups excluding carboxylic acids is 2. The Hall–Kier alpha value is -2.49. The van der Waals surface area contributed by atoms with Gasteiger partial charge in [0.15, 0.2) is 6.10 Å². The van der Waals surface area contributed by atoms with Gasteiger partial charge in [-0.2, -0.15) is 0 Å². The van der Waals surface area contributed by atoms with Gasteiger partial charge < -0.3 is 10.1 Å². The number of ether oxygens (including phenoxy) is 1. The van der Waals surface area contributed by atoms with Crippen molar-refractivity contribution in [2.75, 3.05) is 19.4 Å². The Kier molecular flexibility index (Phi) is 6.99. The molecule has 0 saturated carbocycles. The number of anilines is 1. The molecular formula is C19H20ClFN2O5S. The van der Waals surface area contributed by atoms with Crippen LogP contribution in [0.3, 0.4) is 0 Å². The molecule has 0 spiro atoms. The first-order chi connectivity index (χ1) is 13.4. The molecule has 10 heteroatoms. The number of rotatable bonds is 6. The molecule has 1 N–H and O–H groups in total. The van der Waals surface area contributed by atoms with Gasteiger partial charge in [0.1, 0.15) is 11.4 Å². The molecule has 2 rings (SSSR count). The number of nitrogens with zero attached hydrogens (tertiary/aromatic N) is 1. The van der Waals surface area contributed by atoms with Crippen LogP contribution in [0, 0.1) is 12.7 Å². The predicted octanol–water partition coefficient (Wildman–Crippen LogP) is 3.22. The van der Waals surface area contributed by atoms with E-state index in [1.807, 2.05) is 0 Å². The summed E-state index contributed by atoms with van der Waals surface area (Å²) in [5.74, 6) is -2.67. The fourth-order valence-corrected chi connectivity index (χ4v) is 3.48. The number of hydrogen-bond acceptors (Lipinski definition) is 5. The predicted molar refractivity (Wildman–Crippen MR) is 107 cm³/mol. The number of carbonyl (C=O) groups is 2. The minimum atomic E-state index is -3.70. The average Bonchev–Trinajstić information content (AvgIpc) is 2.62. The maximum Gasteiger partial charge on any atom is 0.343 e. The summed E-state index contributed by atoms with van der Waals surface area (Å²) in [6.45, 7) is 2.98. The van der Waals surface area contributed by atoms with Crippen LogP contribution >= 0.6 is 11.6 Å². The molecule has 1 atom stereocenters. The molecule has 0 aliphatic carbocycles. The number of esters is 1. The first-order valence-electron chi connectivity index (χ1n) is 8.44. The number of amides is 1. The second-order valence-corrected chi connectivity index (χ2v) is 8.96. The highest BCUT2D eigenvalue weighted by molar-refractivity contribution is 7.89. The zero-order chi connectivity index (χ0) is 21.9. The van der Waals surface area contributed by atoms with Gasteiger partial charge >= 0.3 is 5.97 Å². The molecule has 1 unspecified atom stereocenters. The van der Waals surface area contributed by atoms with Crippen LogP contribution in [-0.2, 0) is 19.6 Å². The van der Waals surface area contributed by atoms with Gasteiger partial charge in [0.2, 0.25) is 10.0 Å². The third-order valence-electron chi connectivity index (χ3n) is 4.07. The molecule has 1 amide bonds. The highest BCUT2D eigenvalue weighted by atomic mass is 35.5. The molecule has 2 aromatic rings. The number of aryl methyl sites for hydroxylation is 1. The minimum Gasteiger partial charge on any atom is -0.449 e. The molecule has 0 aliphatic rings. The van der Waals surface area contributed by atoms with Crippen LogP contribution in [0.5, 0.6) is 0 Å². The van der Waals surface area contributed by atoms with E-state index in [4.69, 9.17) is 16.3 Å². The van der Waals surface area contributed by atoms with Gasteiger partial charge in [-0.25, -0.2) is 21.9 Å². The lowest BCUT2D eigenvalue weighted by atomic mass is 10.2. The van der Waals surface area contributed by atoms with Crippen LogP contribution in [0.1, 0.15) is 22.8 Å². The van der Waals surface area contributed by atoms with Crippen molar-refractivity contribution in [1.29, 1.82) is 0 Å². The first-order valence-corrected chi connectivity index (χ1v) is 10.3. The van der Waals surface area contributed by atoms with Crippen LogP contribution < -0.4 is 5.32 Å². The molecule has 0 saturated heterocycles. The zero-order valence-electron chi connectivity index (χ0n) is 16.2. The zero-order valence-corrected chi connectivity index (χ0v) is 17.8. The van der Waals surface area contributed by atoms with Crippen molar-refractivity contribution in [1.82, 2.24) is 4.31 Å². The van der Waals surface area contributed by atoms with Gasteiger partial charge in [-0.15, -0.1) is 0 Å². The summed E-state index contributed by atoms with van der Waals surface area (Å²) in [4.78, 5) is 24.6. The monoisotopic (exact) mass is 442 g/mol. The summed E-state index contributed by atoms with van der Waals surface area (Å²) in [6, 6.07) is 7.98. The summed E-state index contributed by atoms with van der Waals surface area (Å²) in [5.41, 5.74) is 0.376. The van der Waals surface area contributed by atoms with Crippen molar-refractivity contribution in [2.24, 2.45) is 0 Å². The number of halogens is 2. The smallest absolute Gasteiger partial charge is 0.343 e. The SMILES string of the molecule is Cc1ccc(S(=O)(=O)N(C)C)cc1NC(=O)C(C)OC(=O)c1c(F)cccc1Cl. The average molecular weight is 443 g/mol. The molecule has 0 heterocycles. The quantitative estimate of drug-likeness (QED) is 0.693. The Bertz CT molecular complexity index is 1040. The fourth-order valence-electron chi connectivity index (χ4n) is 2.31. The van der Waals surface area contributed by atoms with Crippen LogP contribution in [0.25, 0.3) is 0 Å². The van der Waals surface area contributed by atoms with Gasteiger partial charge in [0.05, 0.1) is 9.92 Å². The highest BCUT2D eigenvalue weighted by Crippen LogP contribution is 2.23. The van der Waals surface area contributed by atoms with Gasteiger partial charge in [-0.1, -0.05) is 23.7 Å². The van der Waals surface area contributed by atoms with E-state index in [2.05, 4.69) is 5.32 Å². The fraction of sp³-hybridized carbons (Fsp3) is 0.263. The summed E-state index contributed by atoms with van der Waals surface area (Å²) >= 11 is 5.82. The Labute approximate surface area is 173 Å². The second-order valence-electron chi connectivity index (χ2n) is 6.40. The molecule has 7 nitrogen and oxygen atoms in total. The molecule has 0 radical (unpaired) electrons. The van der Waals surface area contributed by atoms with E-state index >= 15 is 0 Å². The van der Waals surface area contributed by atoms with Crippen molar-refractivity contribution >= 4 is 39.2 Å². The van der Waals surface area contributed by atoms with E-state index in [0.717, 1.165) is 10.4 Å². The van der Waals surface area contributed by atoms with Crippen LogP contribution in [0.2, 0.25) is 5.02 Å². The molecule has 0 fully saturated rings. The molecule has 29 heavy (non-hydrogen) atoms. The summed E-state index contributed by atoms with van der Waals surface area (Å²) in [6.07, 6.45) is -1.29. The van der Waals surface area contributed by atoms with Crippen LogP contribution in [0.4, 0.5) is 10.1 Å². The normalized spacial score (nSPS) is 12.5. The van der Waals surface area contributed by atoms with E-state index in [1.165, 1.54) is 45.3 Å². The molecule has 0 bridgehead atoms. The molecule has 0 aromatic heterocycles. The molecular weight excluding hydrogens is 423 g/mol. The third kappa shape index (κ3) is 5.11. The number of nitrogens with one attached hydrogen (secondary N) is 1. The second kappa shape index (κ2) is 8.89. The largest absolute Gasteiger partial charge is 0.449 e. The first kappa shape index (κ1) is 22.8. The maximum atomic E-state index is 13.8. The standard InChI is InChI=1S/C19H20ClFN2O5S/c1-11-8-9-13(29(26,27)23(3)4)10-16(11)22-18(24)12(2)28-19(25)17-14(20)6-5-7-15(17)21/h5-10,12H,1-4H3,(H,22,24). The van der Waals surface area contributed by atoms with Crippen molar-refractivity contribution in [3.8, 4) is 0 Å². The van der Waals surface area contributed by atoms with E-state index in [0.29, 0.717) is 5.56 Å². The van der Waals surface area contributed by atoms with Crippen molar-refractivity contribution < 1.29 is 27.1 Å². The summed E-state index contributed by atoms with van der Waals surface area (Å²) in [7, 11) is -0.913. The topological polar surface area (TPSA) is 92.8 Å². The Morgan fingerprint density at radius 2 is 1.86 bits per heavy atom. The van der Waals surface area contributed by atoms with E-state index in [-0.39, 0.29) is 15.6 Å². The van der Waals surface area contributed by atoms with Crippen LogP contribution in [0.15, 0.2) is 41.3 Å². The Balaban J connectivity index is 2.19. The summed E-state index contributed by atoms with van der Waals surface area (Å²) < 4.78 is 44.4. The lowest BCUT2D eigenvalue weighted by Crippen LogP contribution is -2.30. The van der Waals surface area contributed by atoms with Crippen LogP contribution in [-0.4, -0.2) is 44.8 Å². The number of benzene rings is 2. The minimum absolute atomic E-state index is 0.00816. The molecule has 2 aromatic carbocycles. The summed E-state index contributed by atoms with van der Waals surface area (Å²) in [5, 5.41) is 2.38. The third-order valence-corrected chi connectivity index (χ3v) is 6.19. The van der Waals surface area contributed by atoms with Crippen molar-refractivity contribution in [3.63, 3.8) is 0 Å².